The molecular formula is C23H29FN4O2. The van der Waals surface area contributed by atoms with Crippen LogP contribution in [0.2, 0.25) is 0 Å². The molecule has 0 saturated carbocycles. The monoisotopic (exact) mass is 412 g/mol. The first-order valence-corrected chi connectivity index (χ1v) is 10.5. The van der Waals surface area contributed by atoms with Crippen molar-refractivity contribution in [2.24, 2.45) is 0 Å². The molecule has 30 heavy (non-hydrogen) atoms. The highest BCUT2D eigenvalue weighted by atomic mass is 19.1. The second-order valence-electron chi connectivity index (χ2n) is 7.32. The van der Waals surface area contributed by atoms with E-state index in [1.165, 1.54) is 12.1 Å². The van der Waals surface area contributed by atoms with Crippen LogP contribution >= 0.6 is 0 Å². The van der Waals surface area contributed by atoms with Gasteiger partial charge in [-0.15, -0.1) is 5.10 Å². The summed E-state index contributed by atoms with van der Waals surface area (Å²) in [6.45, 7) is 5.73. The lowest BCUT2D eigenvalue weighted by atomic mass is 10.1. The van der Waals surface area contributed by atoms with Crippen molar-refractivity contribution >= 4 is 11.6 Å². The zero-order valence-electron chi connectivity index (χ0n) is 17.9. The van der Waals surface area contributed by atoms with Crippen molar-refractivity contribution in [1.29, 1.82) is 0 Å². The summed E-state index contributed by atoms with van der Waals surface area (Å²) >= 11 is 0. The number of carbonyl (C=O) groups is 1. The van der Waals surface area contributed by atoms with Gasteiger partial charge in [-0.05, 0) is 43.2 Å². The normalized spacial score (nSPS) is 11.1. The molecule has 0 N–H and O–H groups in total. The number of ether oxygens (including phenoxy) is 1. The van der Waals surface area contributed by atoms with Gasteiger partial charge in [0, 0.05) is 24.7 Å². The molecule has 3 rings (SSSR count). The van der Waals surface area contributed by atoms with Crippen LogP contribution in [0, 0.1) is 5.82 Å². The number of hydrogen-bond donors (Lipinski definition) is 0. The molecule has 0 unspecified atom stereocenters. The number of aromatic nitrogens is 3. The van der Waals surface area contributed by atoms with E-state index in [0.29, 0.717) is 22.9 Å². The van der Waals surface area contributed by atoms with Crippen LogP contribution in [0.5, 0.6) is 5.88 Å². The number of halogens is 1. The van der Waals surface area contributed by atoms with E-state index in [1.807, 2.05) is 4.90 Å². The first kappa shape index (κ1) is 21.7. The van der Waals surface area contributed by atoms with Crippen LogP contribution in [0.3, 0.4) is 0 Å². The fourth-order valence-corrected chi connectivity index (χ4v) is 3.38. The van der Waals surface area contributed by atoms with Crippen LogP contribution < -0.4 is 4.74 Å². The molecule has 6 nitrogen and oxygen atoms in total. The summed E-state index contributed by atoms with van der Waals surface area (Å²) in [4.78, 5) is 19.8. The van der Waals surface area contributed by atoms with E-state index in [-0.39, 0.29) is 18.1 Å². The van der Waals surface area contributed by atoms with Crippen LogP contribution in [0.15, 0.2) is 36.4 Å². The van der Waals surface area contributed by atoms with Gasteiger partial charge in [0.05, 0.1) is 24.9 Å². The van der Waals surface area contributed by atoms with E-state index >= 15 is 0 Å². The second kappa shape index (κ2) is 10.2. The van der Waals surface area contributed by atoms with Gasteiger partial charge in [-0.3, -0.25) is 4.79 Å². The number of fused-ring (bicyclic) bond motifs is 1. The Hall–Kier alpha value is -2.96. The number of rotatable bonds is 10. The minimum absolute atomic E-state index is 0.0479. The Balaban J connectivity index is 2.01. The summed E-state index contributed by atoms with van der Waals surface area (Å²) in [6.07, 6.45) is 4.18. The zero-order valence-corrected chi connectivity index (χ0v) is 17.9. The van der Waals surface area contributed by atoms with E-state index < -0.39 is 0 Å². The third kappa shape index (κ3) is 4.96. The molecule has 7 heteroatoms. The predicted octanol–water partition coefficient (Wildman–Crippen LogP) is 4.52. The SMILES string of the molecule is CCCCN(CCCC)C(=O)Cc1c(-c2ccc(F)cc2)nc2ccc(OC)nn12. The van der Waals surface area contributed by atoms with Gasteiger partial charge in [0.15, 0.2) is 5.65 Å². The number of amides is 1. The molecule has 0 fully saturated rings. The van der Waals surface area contributed by atoms with E-state index in [0.717, 1.165) is 44.3 Å². The van der Waals surface area contributed by atoms with Crippen LogP contribution in [0.4, 0.5) is 4.39 Å². The fraction of sp³-hybridized carbons (Fsp3) is 0.435. The standard InChI is InChI=1S/C23H29FN4O2/c1-4-6-14-27(15-7-5-2)22(29)16-19-23(17-8-10-18(24)11-9-17)25-20-12-13-21(30-3)26-28(19)20/h8-13H,4-7,14-16H2,1-3H3. The Labute approximate surface area is 176 Å². The highest BCUT2D eigenvalue weighted by Gasteiger charge is 2.21. The lowest BCUT2D eigenvalue weighted by Crippen LogP contribution is -2.34. The van der Waals surface area contributed by atoms with Crippen molar-refractivity contribution in [2.45, 2.75) is 46.0 Å². The van der Waals surface area contributed by atoms with E-state index in [1.54, 1.807) is 35.9 Å². The number of hydrogen-bond acceptors (Lipinski definition) is 4. The molecule has 2 heterocycles. The van der Waals surface area contributed by atoms with E-state index in [2.05, 4.69) is 23.9 Å². The largest absolute Gasteiger partial charge is 0.480 e. The molecule has 0 radical (unpaired) electrons. The number of methoxy groups -OCH3 is 1. The van der Waals surface area contributed by atoms with E-state index in [4.69, 9.17) is 4.74 Å². The van der Waals surface area contributed by atoms with E-state index in [9.17, 15) is 9.18 Å². The second-order valence-corrected chi connectivity index (χ2v) is 7.32. The summed E-state index contributed by atoms with van der Waals surface area (Å²) in [5.74, 6) is 0.171. The Bertz CT molecular complexity index is 977. The van der Waals surface area contributed by atoms with Crippen molar-refractivity contribution in [2.75, 3.05) is 20.2 Å². The fourth-order valence-electron chi connectivity index (χ4n) is 3.38. The Kier molecular flexibility index (Phi) is 7.38. The molecule has 1 amide bonds. The third-order valence-corrected chi connectivity index (χ3v) is 5.11. The summed E-state index contributed by atoms with van der Waals surface area (Å²) in [6, 6.07) is 9.68. The first-order chi connectivity index (χ1) is 14.6. The first-order valence-electron chi connectivity index (χ1n) is 10.5. The molecule has 0 saturated heterocycles. The van der Waals surface area contributed by atoms with Crippen molar-refractivity contribution in [3.05, 3.63) is 47.9 Å². The van der Waals surface area contributed by atoms with Gasteiger partial charge in [0.1, 0.15) is 5.82 Å². The van der Waals surface area contributed by atoms with Gasteiger partial charge in [-0.2, -0.15) is 0 Å². The van der Waals surface area contributed by atoms with Gasteiger partial charge in [0.25, 0.3) is 0 Å². The molecule has 2 aromatic heterocycles. The van der Waals surface area contributed by atoms with Crippen molar-refractivity contribution in [3.63, 3.8) is 0 Å². The van der Waals surface area contributed by atoms with Crippen molar-refractivity contribution < 1.29 is 13.9 Å². The molecule has 0 aliphatic carbocycles. The van der Waals surface area contributed by atoms with Crippen LogP contribution in [0.25, 0.3) is 16.9 Å². The van der Waals surface area contributed by atoms with Crippen molar-refractivity contribution in [1.82, 2.24) is 19.5 Å². The summed E-state index contributed by atoms with van der Waals surface area (Å²) in [5, 5.41) is 4.48. The van der Waals surface area contributed by atoms with Gasteiger partial charge in [0.2, 0.25) is 11.8 Å². The van der Waals surface area contributed by atoms with Crippen LogP contribution in [0.1, 0.15) is 45.2 Å². The van der Waals surface area contributed by atoms with Gasteiger partial charge in [-0.25, -0.2) is 13.9 Å². The molecule has 1 aromatic carbocycles. The maximum Gasteiger partial charge on any atom is 0.231 e. The minimum Gasteiger partial charge on any atom is -0.480 e. The Morgan fingerprint density at radius 1 is 1.07 bits per heavy atom. The number of benzene rings is 1. The third-order valence-electron chi connectivity index (χ3n) is 5.11. The van der Waals surface area contributed by atoms with Gasteiger partial charge in [-0.1, -0.05) is 26.7 Å². The van der Waals surface area contributed by atoms with Crippen molar-refractivity contribution in [3.8, 4) is 17.1 Å². The highest BCUT2D eigenvalue weighted by molar-refractivity contribution is 5.81. The summed E-state index contributed by atoms with van der Waals surface area (Å²) in [7, 11) is 1.55. The number of unbranched alkanes of at least 4 members (excludes halogenated alkanes) is 2. The lowest BCUT2D eigenvalue weighted by Gasteiger charge is -2.22. The number of imidazole rings is 1. The van der Waals surface area contributed by atoms with Crippen LogP contribution in [-0.2, 0) is 11.2 Å². The molecule has 0 aliphatic heterocycles. The maximum atomic E-state index is 13.4. The molecular weight excluding hydrogens is 383 g/mol. The zero-order chi connectivity index (χ0) is 21.5. The van der Waals surface area contributed by atoms with Crippen LogP contribution in [-0.4, -0.2) is 45.6 Å². The Morgan fingerprint density at radius 3 is 2.33 bits per heavy atom. The lowest BCUT2D eigenvalue weighted by molar-refractivity contribution is -0.130. The molecule has 160 valence electrons. The molecule has 0 bridgehead atoms. The predicted molar refractivity (Wildman–Crippen MR) is 115 cm³/mol. The average molecular weight is 413 g/mol. The summed E-state index contributed by atoms with van der Waals surface area (Å²) in [5.41, 5.74) is 2.68. The maximum absolute atomic E-state index is 13.4. The molecule has 3 aromatic rings. The molecule has 0 spiro atoms. The average Bonchev–Trinajstić information content (AvgIpc) is 3.11. The Morgan fingerprint density at radius 2 is 1.73 bits per heavy atom. The molecule has 0 atom stereocenters. The minimum atomic E-state index is -0.315. The van der Waals surface area contributed by atoms with Gasteiger partial charge >= 0.3 is 0 Å². The topological polar surface area (TPSA) is 59.7 Å². The summed E-state index contributed by atoms with van der Waals surface area (Å²) < 4.78 is 20.4. The highest BCUT2D eigenvalue weighted by Crippen LogP contribution is 2.26. The number of nitrogens with zero attached hydrogens (tertiary/aromatic N) is 4. The number of carbonyl (C=O) groups excluding carboxylic acids is 1. The smallest absolute Gasteiger partial charge is 0.231 e. The quantitative estimate of drug-likeness (QED) is 0.491. The molecule has 0 aliphatic rings. The van der Waals surface area contributed by atoms with Gasteiger partial charge < -0.3 is 9.64 Å².